The van der Waals surface area contributed by atoms with E-state index in [1.165, 1.54) is 19.3 Å². The van der Waals surface area contributed by atoms with Gasteiger partial charge in [-0.25, -0.2) is 0 Å². The van der Waals surface area contributed by atoms with Crippen molar-refractivity contribution in [2.75, 3.05) is 20.1 Å². The van der Waals surface area contributed by atoms with E-state index < -0.39 is 5.97 Å². The van der Waals surface area contributed by atoms with Crippen molar-refractivity contribution in [2.45, 2.75) is 40.0 Å². The third kappa shape index (κ3) is 1.99. The van der Waals surface area contributed by atoms with Gasteiger partial charge < -0.3 is 10.0 Å². The average Bonchev–Trinajstić information content (AvgIpc) is 2.13. The number of hydrogen-bond acceptors (Lipinski definition) is 2. The fraction of sp³-hybridized carbons (Fsp3) is 0.929. The van der Waals surface area contributed by atoms with Crippen molar-refractivity contribution < 1.29 is 9.90 Å². The molecule has 2 aliphatic rings. The molecule has 2 fully saturated rings. The molecule has 1 N–H and O–H groups in total. The van der Waals surface area contributed by atoms with Crippen LogP contribution >= 0.6 is 0 Å². The molecule has 3 unspecified atom stereocenters. The molecule has 1 heterocycles. The zero-order valence-electron chi connectivity index (χ0n) is 11.5. The molecule has 0 aromatic rings. The average molecular weight is 239 g/mol. The topological polar surface area (TPSA) is 40.5 Å². The summed E-state index contributed by atoms with van der Waals surface area (Å²) < 4.78 is 0. The molecule has 98 valence electrons. The van der Waals surface area contributed by atoms with E-state index in [2.05, 4.69) is 25.8 Å². The summed E-state index contributed by atoms with van der Waals surface area (Å²) in [7, 11) is 2.17. The Kier molecular flexibility index (Phi) is 3.01. The van der Waals surface area contributed by atoms with Gasteiger partial charge in [0, 0.05) is 13.1 Å². The summed E-state index contributed by atoms with van der Waals surface area (Å²) in [5.74, 6) is -0.532. The highest BCUT2D eigenvalue weighted by Crippen LogP contribution is 2.57. The Labute approximate surface area is 104 Å². The maximum atomic E-state index is 11.4. The monoisotopic (exact) mass is 239 g/mol. The molecule has 0 aromatic carbocycles. The van der Waals surface area contributed by atoms with Crippen molar-refractivity contribution in [3.8, 4) is 0 Å². The van der Waals surface area contributed by atoms with Crippen LogP contribution in [0.2, 0.25) is 0 Å². The van der Waals surface area contributed by atoms with Crippen molar-refractivity contribution in [1.29, 1.82) is 0 Å². The SMILES string of the molecule is CC(C(=O)O)C1C2(C)CCCC1(C)CN(C)C2. The molecule has 0 amide bonds. The van der Waals surface area contributed by atoms with Gasteiger partial charge in [-0.15, -0.1) is 0 Å². The summed E-state index contributed by atoms with van der Waals surface area (Å²) in [6, 6.07) is 0. The molecule has 1 aliphatic carbocycles. The largest absolute Gasteiger partial charge is 0.481 e. The van der Waals surface area contributed by atoms with Gasteiger partial charge in [-0.1, -0.05) is 27.2 Å². The fourth-order valence-electron chi connectivity index (χ4n) is 5.04. The number of likely N-dealkylation sites (tertiary alicyclic amines) is 1. The summed E-state index contributed by atoms with van der Waals surface area (Å²) in [5.41, 5.74) is 0.357. The van der Waals surface area contributed by atoms with E-state index in [9.17, 15) is 9.90 Å². The molecule has 17 heavy (non-hydrogen) atoms. The van der Waals surface area contributed by atoms with Crippen LogP contribution in [0.3, 0.4) is 0 Å². The molecule has 0 spiro atoms. The van der Waals surface area contributed by atoms with E-state index in [-0.39, 0.29) is 16.7 Å². The standard InChI is InChI=1S/C14H25NO2/c1-10(12(16)17)11-13(2)6-5-7-14(11,3)9-15(4)8-13/h10-11H,5-9H2,1-4H3,(H,16,17). The molecule has 1 aliphatic heterocycles. The Bertz CT molecular complexity index is 310. The Morgan fingerprint density at radius 3 is 2.18 bits per heavy atom. The second kappa shape index (κ2) is 3.98. The van der Waals surface area contributed by atoms with E-state index in [0.717, 1.165) is 13.1 Å². The van der Waals surface area contributed by atoms with Crippen LogP contribution in [-0.2, 0) is 4.79 Å². The lowest BCUT2D eigenvalue weighted by Crippen LogP contribution is -2.60. The van der Waals surface area contributed by atoms with Crippen LogP contribution in [0, 0.1) is 22.7 Å². The highest BCUT2D eigenvalue weighted by atomic mass is 16.4. The normalized spacial score (nSPS) is 44.4. The van der Waals surface area contributed by atoms with E-state index in [1.54, 1.807) is 0 Å². The zero-order chi connectivity index (χ0) is 12.8. The minimum Gasteiger partial charge on any atom is -0.481 e. The molecule has 1 saturated heterocycles. The van der Waals surface area contributed by atoms with E-state index in [4.69, 9.17) is 0 Å². The van der Waals surface area contributed by atoms with Gasteiger partial charge in [0.2, 0.25) is 0 Å². The van der Waals surface area contributed by atoms with Crippen molar-refractivity contribution in [1.82, 2.24) is 4.90 Å². The van der Waals surface area contributed by atoms with Gasteiger partial charge in [-0.2, -0.15) is 0 Å². The number of aliphatic carboxylic acids is 1. The van der Waals surface area contributed by atoms with E-state index >= 15 is 0 Å². The fourth-order valence-corrected chi connectivity index (χ4v) is 5.04. The molecule has 2 rings (SSSR count). The zero-order valence-corrected chi connectivity index (χ0v) is 11.5. The molecule has 1 saturated carbocycles. The molecule has 2 bridgehead atoms. The quantitative estimate of drug-likeness (QED) is 0.804. The van der Waals surface area contributed by atoms with Crippen LogP contribution in [-0.4, -0.2) is 36.1 Å². The summed E-state index contributed by atoms with van der Waals surface area (Å²) >= 11 is 0. The summed E-state index contributed by atoms with van der Waals surface area (Å²) in [5, 5.41) is 9.37. The Morgan fingerprint density at radius 1 is 1.29 bits per heavy atom. The Balaban J connectivity index is 2.37. The van der Waals surface area contributed by atoms with Crippen LogP contribution in [0.15, 0.2) is 0 Å². The summed E-state index contributed by atoms with van der Waals surface area (Å²) in [6.45, 7) is 8.59. The molecule has 3 nitrogen and oxygen atoms in total. The van der Waals surface area contributed by atoms with Gasteiger partial charge in [-0.05, 0) is 36.6 Å². The molecule has 3 heteroatoms. The van der Waals surface area contributed by atoms with E-state index in [1.807, 2.05) is 6.92 Å². The Hall–Kier alpha value is -0.570. The highest BCUT2D eigenvalue weighted by molar-refractivity contribution is 5.70. The predicted molar refractivity (Wildman–Crippen MR) is 67.9 cm³/mol. The minimum absolute atomic E-state index is 0.178. The third-order valence-corrected chi connectivity index (χ3v) is 5.15. The first-order valence-corrected chi connectivity index (χ1v) is 6.70. The number of piperidine rings is 1. The third-order valence-electron chi connectivity index (χ3n) is 5.15. The van der Waals surface area contributed by atoms with Crippen LogP contribution in [0.5, 0.6) is 0 Å². The van der Waals surface area contributed by atoms with Crippen LogP contribution in [0.25, 0.3) is 0 Å². The molecule has 0 radical (unpaired) electrons. The van der Waals surface area contributed by atoms with Crippen LogP contribution in [0.1, 0.15) is 40.0 Å². The Morgan fingerprint density at radius 2 is 1.76 bits per heavy atom. The molecule has 3 atom stereocenters. The van der Waals surface area contributed by atoms with Gasteiger partial charge in [-0.3, -0.25) is 4.79 Å². The summed E-state index contributed by atoms with van der Waals surface area (Å²) in [4.78, 5) is 13.8. The first kappa shape index (κ1) is 12.9. The smallest absolute Gasteiger partial charge is 0.306 e. The van der Waals surface area contributed by atoms with Crippen molar-refractivity contribution in [3.05, 3.63) is 0 Å². The predicted octanol–water partition coefficient (Wildman–Crippen LogP) is 2.47. The first-order valence-electron chi connectivity index (χ1n) is 6.70. The van der Waals surface area contributed by atoms with Crippen LogP contribution in [0.4, 0.5) is 0 Å². The lowest BCUT2D eigenvalue weighted by molar-refractivity contribution is -0.160. The molecular weight excluding hydrogens is 214 g/mol. The van der Waals surface area contributed by atoms with Gasteiger partial charge in [0.25, 0.3) is 0 Å². The first-order chi connectivity index (χ1) is 7.78. The number of carboxylic acids is 1. The second-order valence-electron chi connectivity index (χ2n) is 6.94. The molecule has 0 aromatic heterocycles. The highest BCUT2D eigenvalue weighted by Gasteiger charge is 2.56. The van der Waals surface area contributed by atoms with Gasteiger partial charge >= 0.3 is 5.97 Å². The second-order valence-corrected chi connectivity index (χ2v) is 6.94. The summed E-state index contributed by atoms with van der Waals surface area (Å²) in [6.07, 6.45) is 3.61. The van der Waals surface area contributed by atoms with E-state index in [0.29, 0.717) is 5.92 Å². The lowest BCUT2D eigenvalue weighted by atomic mass is 9.50. The number of carboxylic acid groups (broad SMARTS) is 1. The number of nitrogens with zero attached hydrogens (tertiary/aromatic N) is 1. The lowest BCUT2D eigenvalue weighted by Gasteiger charge is -2.60. The van der Waals surface area contributed by atoms with Crippen molar-refractivity contribution in [2.24, 2.45) is 22.7 Å². The number of carbonyl (C=O) groups is 1. The number of rotatable bonds is 2. The van der Waals surface area contributed by atoms with Crippen molar-refractivity contribution >= 4 is 5.97 Å². The van der Waals surface area contributed by atoms with Gasteiger partial charge in [0.05, 0.1) is 5.92 Å². The number of fused-ring (bicyclic) bond motifs is 2. The maximum absolute atomic E-state index is 11.4. The van der Waals surface area contributed by atoms with Crippen molar-refractivity contribution in [3.63, 3.8) is 0 Å². The molecular formula is C14H25NO2. The number of hydrogen-bond donors (Lipinski definition) is 1. The van der Waals surface area contributed by atoms with Crippen LogP contribution < -0.4 is 0 Å². The maximum Gasteiger partial charge on any atom is 0.306 e. The minimum atomic E-state index is -0.626. The van der Waals surface area contributed by atoms with Gasteiger partial charge in [0.1, 0.15) is 0 Å². The van der Waals surface area contributed by atoms with Gasteiger partial charge in [0.15, 0.2) is 0 Å².